The smallest absolute Gasteiger partial charge is 0.408 e. The van der Waals surface area contributed by atoms with Gasteiger partial charge in [0.1, 0.15) is 0 Å². The van der Waals surface area contributed by atoms with Crippen molar-refractivity contribution >= 4 is 6.09 Å². The third kappa shape index (κ3) is 1.11. The molecule has 0 aliphatic carbocycles. The molecule has 1 atom stereocenters. The molecule has 0 fully saturated rings. The number of aliphatic hydroxyl groups excluding tert-OH is 1. The summed E-state index contributed by atoms with van der Waals surface area (Å²) >= 11 is 0. The molecule has 0 unspecified atom stereocenters. The summed E-state index contributed by atoms with van der Waals surface area (Å²) in [6.45, 7) is 0.253. The molecule has 0 aromatic heterocycles. The lowest BCUT2D eigenvalue weighted by atomic mass is 10.3. The minimum absolute atomic E-state index is 0.136. The average Bonchev–Trinajstić information content (AvgIpc) is 2.33. The predicted molar refractivity (Wildman–Crippen MR) is 34.7 cm³/mol. The fraction of sp³-hybridized carbons (Fsp3) is 0.500. The topological polar surface area (TPSA) is 60.8 Å². The first-order valence-electron chi connectivity index (χ1n) is 3.03. The molecule has 4 nitrogen and oxygen atoms in total. The van der Waals surface area contributed by atoms with Crippen LogP contribution in [0.2, 0.25) is 0 Å². The summed E-state index contributed by atoms with van der Waals surface area (Å²) in [5, 5.41) is 17.1. The second kappa shape index (κ2) is 2.70. The van der Waals surface area contributed by atoms with Crippen LogP contribution in [0.4, 0.5) is 4.79 Å². The molecule has 0 aromatic rings. The van der Waals surface area contributed by atoms with Crippen molar-refractivity contribution in [3.63, 3.8) is 0 Å². The summed E-state index contributed by atoms with van der Waals surface area (Å²) in [7, 11) is 0. The summed E-state index contributed by atoms with van der Waals surface area (Å²) in [5.74, 6) is 0. The van der Waals surface area contributed by atoms with Crippen LogP contribution in [-0.2, 0) is 0 Å². The number of rotatable bonds is 1. The zero-order valence-corrected chi connectivity index (χ0v) is 5.40. The van der Waals surface area contributed by atoms with Crippen molar-refractivity contribution < 1.29 is 15.0 Å². The van der Waals surface area contributed by atoms with Gasteiger partial charge in [0.05, 0.1) is 12.6 Å². The van der Waals surface area contributed by atoms with E-state index in [9.17, 15) is 4.79 Å². The van der Waals surface area contributed by atoms with E-state index >= 15 is 0 Å². The number of amides is 1. The van der Waals surface area contributed by atoms with Crippen LogP contribution in [-0.4, -0.2) is 40.4 Å². The molecule has 0 spiro atoms. The molecule has 1 aliphatic rings. The quantitative estimate of drug-likeness (QED) is 0.504. The van der Waals surface area contributed by atoms with Gasteiger partial charge in [-0.1, -0.05) is 12.2 Å². The van der Waals surface area contributed by atoms with Crippen molar-refractivity contribution in [2.24, 2.45) is 0 Å². The minimum atomic E-state index is -0.982. The van der Waals surface area contributed by atoms with Crippen molar-refractivity contribution in [1.82, 2.24) is 4.90 Å². The zero-order valence-electron chi connectivity index (χ0n) is 5.40. The first-order chi connectivity index (χ1) is 4.75. The maximum Gasteiger partial charge on any atom is 0.408 e. The van der Waals surface area contributed by atoms with E-state index in [4.69, 9.17) is 10.2 Å². The Hall–Kier alpha value is -1.03. The van der Waals surface area contributed by atoms with Crippen molar-refractivity contribution in [3.05, 3.63) is 12.2 Å². The first kappa shape index (κ1) is 7.08. The predicted octanol–water partition coefficient (Wildman–Crippen LogP) is -0.103. The van der Waals surface area contributed by atoms with E-state index in [1.165, 1.54) is 4.90 Å². The molecule has 10 heavy (non-hydrogen) atoms. The van der Waals surface area contributed by atoms with Crippen molar-refractivity contribution in [3.8, 4) is 0 Å². The number of hydrogen-bond donors (Lipinski definition) is 2. The molecule has 1 rings (SSSR count). The highest BCUT2D eigenvalue weighted by atomic mass is 16.4. The highest BCUT2D eigenvalue weighted by molar-refractivity contribution is 5.66. The number of nitrogens with zero attached hydrogens (tertiary/aromatic N) is 1. The molecule has 0 saturated heterocycles. The van der Waals surface area contributed by atoms with Crippen molar-refractivity contribution in [2.75, 3.05) is 13.2 Å². The Balaban J connectivity index is 2.56. The number of aliphatic hydroxyl groups is 1. The molecule has 1 amide bonds. The maximum absolute atomic E-state index is 10.3. The second-order valence-corrected chi connectivity index (χ2v) is 2.11. The summed E-state index contributed by atoms with van der Waals surface area (Å²) in [6.07, 6.45) is 2.44. The minimum Gasteiger partial charge on any atom is -0.465 e. The standard InChI is InChI=1S/C6H9NO3/c8-4-5-2-1-3-7(5)6(9)10/h1-2,5,8H,3-4H2,(H,9,10)/t5-/m0/s1. The van der Waals surface area contributed by atoms with Gasteiger partial charge in [0, 0.05) is 6.54 Å². The molecule has 1 aliphatic heterocycles. The van der Waals surface area contributed by atoms with Gasteiger partial charge < -0.3 is 10.2 Å². The average molecular weight is 143 g/mol. The van der Waals surface area contributed by atoms with E-state index in [0.29, 0.717) is 6.54 Å². The summed E-state index contributed by atoms with van der Waals surface area (Å²) < 4.78 is 0. The Kier molecular flexibility index (Phi) is 1.91. The molecule has 56 valence electrons. The molecule has 0 radical (unpaired) electrons. The monoisotopic (exact) mass is 143 g/mol. The Labute approximate surface area is 58.4 Å². The number of hydrogen-bond acceptors (Lipinski definition) is 2. The molecule has 0 bridgehead atoms. The lowest BCUT2D eigenvalue weighted by Gasteiger charge is -2.18. The van der Waals surface area contributed by atoms with Crippen molar-refractivity contribution in [1.29, 1.82) is 0 Å². The summed E-state index contributed by atoms with van der Waals surface area (Å²) in [5.41, 5.74) is 0. The van der Waals surface area contributed by atoms with E-state index < -0.39 is 6.09 Å². The Morgan fingerprint density at radius 1 is 1.80 bits per heavy atom. The van der Waals surface area contributed by atoms with Gasteiger partial charge in [0.15, 0.2) is 0 Å². The van der Waals surface area contributed by atoms with E-state index in [-0.39, 0.29) is 12.6 Å². The Morgan fingerprint density at radius 3 is 2.90 bits per heavy atom. The molecular formula is C6H9NO3. The van der Waals surface area contributed by atoms with Crippen LogP contribution >= 0.6 is 0 Å². The van der Waals surface area contributed by atoms with Gasteiger partial charge in [-0.3, -0.25) is 4.90 Å². The lowest BCUT2D eigenvalue weighted by Crippen LogP contribution is -2.36. The van der Waals surface area contributed by atoms with Gasteiger partial charge in [-0.15, -0.1) is 0 Å². The molecule has 0 aromatic carbocycles. The first-order valence-corrected chi connectivity index (χ1v) is 3.03. The second-order valence-electron chi connectivity index (χ2n) is 2.11. The fourth-order valence-electron chi connectivity index (χ4n) is 0.950. The van der Waals surface area contributed by atoms with Crippen molar-refractivity contribution in [2.45, 2.75) is 6.04 Å². The van der Waals surface area contributed by atoms with Gasteiger partial charge in [-0.2, -0.15) is 0 Å². The van der Waals surface area contributed by atoms with Gasteiger partial charge in [0.25, 0.3) is 0 Å². The number of carbonyl (C=O) groups is 1. The lowest BCUT2D eigenvalue weighted by molar-refractivity contribution is 0.125. The molecule has 0 saturated carbocycles. The molecule has 2 N–H and O–H groups in total. The van der Waals surface area contributed by atoms with Crippen LogP contribution in [0.25, 0.3) is 0 Å². The van der Waals surface area contributed by atoms with Crippen LogP contribution in [0.15, 0.2) is 12.2 Å². The molecular weight excluding hydrogens is 134 g/mol. The van der Waals surface area contributed by atoms with E-state index in [2.05, 4.69) is 0 Å². The largest absolute Gasteiger partial charge is 0.465 e. The van der Waals surface area contributed by atoms with Crippen LogP contribution in [0.1, 0.15) is 0 Å². The molecule has 1 heterocycles. The number of carboxylic acid groups (broad SMARTS) is 1. The maximum atomic E-state index is 10.3. The normalized spacial score (nSPS) is 23.7. The summed E-state index contributed by atoms with van der Waals surface area (Å²) in [6, 6.07) is -0.336. The van der Waals surface area contributed by atoms with E-state index in [0.717, 1.165) is 0 Å². The highest BCUT2D eigenvalue weighted by Gasteiger charge is 2.22. The Bertz CT molecular complexity index is 166. The highest BCUT2D eigenvalue weighted by Crippen LogP contribution is 2.08. The van der Waals surface area contributed by atoms with Crippen LogP contribution in [0.5, 0.6) is 0 Å². The van der Waals surface area contributed by atoms with E-state index in [1.54, 1.807) is 12.2 Å². The Morgan fingerprint density at radius 2 is 2.50 bits per heavy atom. The van der Waals surface area contributed by atoms with Crippen LogP contribution in [0, 0.1) is 0 Å². The fourth-order valence-corrected chi connectivity index (χ4v) is 0.950. The summed E-state index contributed by atoms with van der Waals surface area (Å²) in [4.78, 5) is 11.5. The third-order valence-corrected chi connectivity index (χ3v) is 1.49. The van der Waals surface area contributed by atoms with Gasteiger partial charge in [-0.05, 0) is 0 Å². The van der Waals surface area contributed by atoms with E-state index in [1.807, 2.05) is 0 Å². The zero-order chi connectivity index (χ0) is 7.56. The molecule has 4 heteroatoms. The van der Waals surface area contributed by atoms with Gasteiger partial charge in [-0.25, -0.2) is 4.79 Å². The van der Waals surface area contributed by atoms with Crippen LogP contribution in [0.3, 0.4) is 0 Å². The third-order valence-electron chi connectivity index (χ3n) is 1.49. The van der Waals surface area contributed by atoms with Crippen LogP contribution < -0.4 is 0 Å². The van der Waals surface area contributed by atoms with Gasteiger partial charge >= 0.3 is 6.09 Å². The van der Waals surface area contributed by atoms with Gasteiger partial charge in [0.2, 0.25) is 0 Å². The SMILES string of the molecule is O=C(O)N1CC=C[C@H]1CO.